The lowest BCUT2D eigenvalue weighted by molar-refractivity contribution is 0.250. The molecule has 0 radical (unpaired) electrons. The van der Waals surface area contributed by atoms with Gasteiger partial charge in [0.15, 0.2) is 0 Å². The summed E-state index contributed by atoms with van der Waals surface area (Å²) in [5.74, 6) is 0.679. The highest BCUT2D eigenvalue weighted by atomic mass is 32.2. The average Bonchev–Trinajstić information content (AvgIpc) is 3.03. The molecule has 0 amide bonds. The third-order valence-corrected chi connectivity index (χ3v) is 8.87. The van der Waals surface area contributed by atoms with Crippen LogP contribution in [0.4, 0.5) is 5.69 Å². The van der Waals surface area contributed by atoms with E-state index in [2.05, 4.69) is 15.9 Å². The SMILES string of the molecule is O=S1(=O)c2ccc(OCc3ccccc3)cc2-c2ccc(N3CCN4CCC3CC4)cc21. The molecule has 4 aliphatic rings. The number of rotatable bonds is 4. The van der Waals surface area contributed by atoms with Crippen molar-refractivity contribution < 1.29 is 13.2 Å². The highest BCUT2D eigenvalue weighted by molar-refractivity contribution is 7.92. The van der Waals surface area contributed by atoms with Crippen LogP contribution in [0.1, 0.15) is 18.4 Å². The molecule has 0 atom stereocenters. The van der Waals surface area contributed by atoms with Gasteiger partial charge in [-0.05, 0) is 48.7 Å². The van der Waals surface area contributed by atoms with Gasteiger partial charge in [0.2, 0.25) is 9.84 Å². The number of anilines is 1. The van der Waals surface area contributed by atoms with Crippen LogP contribution in [0.2, 0.25) is 0 Å². The smallest absolute Gasteiger partial charge is 0.207 e. The second-order valence-corrected chi connectivity index (χ2v) is 10.8. The van der Waals surface area contributed by atoms with Gasteiger partial charge in [-0.25, -0.2) is 8.42 Å². The van der Waals surface area contributed by atoms with Crippen LogP contribution in [-0.4, -0.2) is 45.5 Å². The van der Waals surface area contributed by atoms with Crippen LogP contribution in [0.5, 0.6) is 5.75 Å². The molecule has 3 saturated heterocycles. The van der Waals surface area contributed by atoms with Crippen molar-refractivity contribution in [3.05, 3.63) is 72.3 Å². The summed E-state index contributed by atoms with van der Waals surface area (Å²) in [5.41, 5.74) is 3.61. The molecule has 4 heterocycles. The van der Waals surface area contributed by atoms with Crippen molar-refractivity contribution in [2.45, 2.75) is 35.3 Å². The topological polar surface area (TPSA) is 49.9 Å². The van der Waals surface area contributed by atoms with Crippen molar-refractivity contribution in [2.24, 2.45) is 0 Å². The first-order valence-corrected chi connectivity index (χ1v) is 12.8. The summed E-state index contributed by atoms with van der Waals surface area (Å²) in [6.45, 7) is 4.73. The molecular weight excluding hydrogens is 420 g/mol. The zero-order valence-corrected chi connectivity index (χ0v) is 18.7. The minimum atomic E-state index is -3.53. The van der Waals surface area contributed by atoms with E-state index in [1.807, 2.05) is 48.5 Å². The maximum absolute atomic E-state index is 13.4. The average molecular weight is 447 g/mol. The predicted molar refractivity (Wildman–Crippen MR) is 125 cm³/mol. The summed E-state index contributed by atoms with van der Waals surface area (Å²) in [6, 6.07) is 21.7. The second kappa shape index (κ2) is 7.64. The van der Waals surface area contributed by atoms with Crippen LogP contribution in [0.25, 0.3) is 11.1 Å². The monoisotopic (exact) mass is 446 g/mol. The summed E-state index contributed by atoms with van der Waals surface area (Å²) in [7, 11) is -3.53. The Kier molecular flexibility index (Phi) is 4.73. The fourth-order valence-corrected chi connectivity index (χ4v) is 6.95. The van der Waals surface area contributed by atoms with Crippen molar-refractivity contribution >= 4 is 15.5 Å². The Balaban J connectivity index is 1.33. The van der Waals surface area contributed by atoms with Crippen LogP contribution in [0.15, 0.2) is 76.5 Å². The van der Waals surface area contributed by atoms with Gasteiger partial charge < -0.3 is 14.5 Å². The van der Waals surface area contributed by atoms with Gasteiger partial charge in [-0.1, -0.05) is 36.4 Å². The summed E-state index contributed by atoms with van der Waals surface area (Å²) in [6.07, 6.45) is 2.29. The summed E-state index contributed by atoms with van der Waals surface area (Å²) in [4.78, 5) is 5.72. The molecule has 7 rings (SSSR count). The van der Waals surface area contributed by atoms with E-state index in [1.54, 1.807) is 12.1 Å². The second-order valence-electron chi connectivity index (χ2n) is 8.88. The first-order valence-electron chi connectivity index (χ1n) is 11.3. The summed E-state index contributed by atoms with van der Waals surface area (Å²) < 4.78 is 32.7. The van der Waals surface area contributed by atoms with E-state index < -0.39 is 9.84 Å². The Morgan fingerprint density at radius 2 is 1.62 bits per heavy atom. The van der Waals surface area contributed by atoms with Gasteiger partial charge >= 0.3 is 0 Å². The lowest BCUT2D eigenvalue weighted by atomic mass is 10.0. The number of hydrogen-bond donors (Lipinski definition) is 0. The van der Waals surface area contributed by atoms with Crippen LogP contribution >= 0.6 is 0 Å². The number of fused-ring (bicyclic) bond motifs is 7. The summed E-state index contributed by atoms with van der Waals surface area (Å²) >= 11 is 0. The molecule has 3 fully saturated rings. The molecule has 0 spiro atoms. The zero-order valence-electron chi connectivity index (χ0n) is 17.9. The maximum atomic E-state index is 13.4. The first kappa shape index (κ1) is 19.8. The number of benzene rings is 3. The van der Waals surface area contributed by atoms with Crippen molar-refractivity contribution in [2.75, 3.05) is 31.1 Å². The van der Waals surface area contributed by atoms with E-state index in [-0.39, 0.29) is 0 Å². The molecule has 0 aliphatic carbocycles. The molecule has 6 heteroatoms. The van der Waals surface area contributed by atoms with Gasteiger partial charge in [0.05, 0.1) is 9.79 Å². The van der Waals surface area contributed by atoms with Gasteiger partial charge in [-0.3, -0.25) is 0 Å². The zero-order chi connectivity index (χ0) is 21.7. The standard InChI is InChI=1S/C26H26N2O3S/c29-32(30)25-9-7-22(31-18-19-4-2-1-3-5-19)17-24(25)23-8-6-21(16-26(23)32)28-15-14-27-12-10-20(28)11-13-27/h1-9,16-17,20H,10-15,18H2. The van der Waals surface area contributed by atoms with Gasteiger partial charge in [0, 0.05) is 49.0 Å². The van der Waals surface area contributed by atoms with Gasteiger partial charge in [-0.2, -0.15) is 0 Å². The van der Waals surface area contributed by atoms with Crippen LogP contribution in [-0.2, 0) is 16.4 Å². The van der Waals surface area contributed by atoms with E-state index in [0.29, 0.717) is 28.2 Å². The molecule has 0 N–H and O–H groups in total. The van der Waals surface area contributed by atoms with Gasteiger partial charge in [0.25, 0.3) is 0 Å². The molecule has 2 bridgehead atoms. The van der Waals surface area contributed by atoms with Crippen molar-refractivity contribution in [3.8, 4) is 16.9 Å². The number of hydrogen-bond acceptors (Lipinski definition) is 5. The van der Waals surface area contributed by atoms with Crippen molar-refractivity contribution in [1.82, 2.24) is 4.90 Å². The summed E-state index contributed by atoms with van der Waals surface area (Å²) in [5, 5.41) is 0. The Morgan fingerprint density at radius 1 is 0.812 bits per heavy atom. The fourth-order valence-electron chi connectivity index (χ4n) is 5.26. The number of sulfone groups is 1. The number of nitrogens with zero attached hydrogens (tertiary/aromatic N) is 2. The number of piperidine rings is 1. The first-order chi connectivity index (χ1) is 15.6. The molecule has 3 aromatic carbocycles. The van der Waals surface area contributed by atoms with E-state index in [0.717, 1.165) is 61.4 Å². The molecule has 5 nitrogen and oxygen atoms in total. The minimum Gasteiger partial charge on any atom is -0.489 e. The quantitative estimate of drug-likeness (QED) is 0.466. The maximum Gasteiger partial charge on any atom is 0.207 e. The van der Waals surface area contributed by atoms with Crippen molar-refractivity contribution in [3.63, 3.8) is 0 Å². The minimum absolute atomic E-state index is 0.375. The Bertz CT molecular complexity index is 1270. The lowest BCUT2D eigenvalue weighted by Gasteiger charge is -2.33. The van der Waals surface area contributed by atoms with Crippen LogP contribution < -0.4 is 9.64 Å². The van der Waals surface area contributed by atoms with E-state index in [9.17, 15) is 8.42 Å². The molecule has 0 aromatic heterocycles. The molecule has 3 aromatic rings. The third kappa shape index (κ3) is 3.29. The molecule has 4 aliphatic heterocycles. The molecule has 0 unspecified atom stereocenters. The number of ether oxygens (including phenoxy) is 1. The largest absolute Gasteiger partial charge is 0.489 e. The Hall–Kier alpha value is -2.83. The predicted octanol–water partition coefficient (Wildman–Crippen LogP) is 4.36. The van der Waals surface area contributed by atoms with E-state index in [4.69, 9.17) is 4.74 Å². The molecule has 32 heavy (non-hydrogen) atoms. The van der Waals surface area contributed by atoms with Crippen molar-refractivity contribution in [1.29, 1.82) is 0 Å². The highest BCUT2D eigenvalue weighted by Gasteiger charge is 2.35. The third-order valence-electron chi connectivity index (χ3n) is 7.02. The van der Waals surface area contributed by atoms with Crippen LogP contribution in [0.3, 0.4) is 0 Å². The molecular formula is C26H26N2O3S. The molecule has 164 valence electrons. The normalized spacial score (nSPS) is 22.8. The highest BCUT2D eigenvalue weighted by Crippen LogP contribution is 2.46. The van der Waals surface area contributed by atoms with Gasteiger partial charge in [-0.15, -0.1) is 0 Å². The fraction of sp³-hybridized carbons (Fsp3) is 0.308. The Morgan fingerprint density at radius 3 is 2.44 bits per heavy atom. The van der Waals surface area contributed by atoms with E-state index in [1.165, 1.54) is 0 Å². The van der Waals surface area contributed by atoms with Gasteiger partial charge in [0.1, 0.15) is 12.4 Å². The Labute approximate surface area is 189 Å². The van der Waals surface area contributed by atoms with E-state index >= 15 is 0 Å². The van der Waals surface area contributed by atoms with Crippen LogP contribution in [0, 0.1) is 0 Å². The molecule has 0 saturated carbocycles. The lowest BCUT2D eigenvalue weighted by Crippen LogP contribution is -2.37.